The predicted molar refractivity (Wildman–Crippen MR) is 220 cm³/mol. The van der Waals surface area contributed by atoms with Crippen LogP contribution in [-0.4, -0.2) is 15.0 Å². The number of aromatic nitrogens is 3. The number of nitriles is 3. The summed E-state index contributed by atoms with van der Waals surface area (Å²) in [5, 5.41) is 31.9. The van der Waals surface area contributed by atoms with Crippen LogP contribution < -0.4 is 0 Å². The molecule has 0 unspecified atom stereocenters. The zero-order valence-electron chi connectivity index (χ0n) is 29.6. The maximum absolute atomic E-state index is 9.85. The number of hydrogen-bond donors (Lipinski definition) is 0. The molecule has 0 saturated heterocycles. The Bertz CT molecular complexity index is 3180. The second-order valence-corrected chi connectivity index (χ2v) is 13.2. The number of pyridine rings is 1. The highest BCUT2D eigenvalue weighted by molar-refractivity contribution is 6.24. The fraction of sp³-hybridized carbons (Fsp3) is 0. The molecule has 0 atom stereocenters. The van der Waals surface area contributed by atoms with Crippen LogP contribution >= 0.6 is 0 Å². The molecule has 7 heteroatoms. The average Bonchev–Trinajstić information content (AvgIpc) is 3.28. The molecule has 2 aromatic heterocycles. The Kier molecular flexibility index (Phi) is 8.23. The van der Waals surface area contributed by atoms with Gasteiger partial charge in [0.05, 0.1) is 75.1 Å². The van der Waals surface area contributed by atoms with E-state index in [9.17, 15) is 15.8 Å². The fourth-order valence-electron chi connectivity index (χ4n) is 7.33. The van der Waals surface area contributed by atoms with Crippen LogP contribution in [0.5, 0.6) is 0 Å². The van der Waals surface area contributed by atoms with E-state index in [1.807, 2.05) is 84.9 Å². The molecule has 2 heterocycles. The van der Waals surface area contributed by atoms with Gasteiger partial charge in [-0.25, -0.2) is 19.8 Å². The first-order valence-corrected chi connectivity index (χ1v) is 17.7. The molecular formula is C49H25N7. The van der Waals surface area contributed by atoms with Gasteiger partial charge in [-0.05, 0) is 64.7 Å². The Morgan fingerprint density at radius 2 is 1.02 bits per heavy atom. The Labute approximate surface area is 322 Å². The molecule has 0 bridgehead atoms. The van der Waals surface area contributed by atoms with Crippen molar-refractivity contribution in [2.24, 2.45) is 0 Å². The number of fused-ring (bicyclic) bond motifs is 5. The van der Waals surface area contributed by atoms with Crippen molar-refractivity contribution in [3.8, 4) is 74.2 Å². The number of rotatable bonds is 5. The van der Waals surface area contributed by atoms with Crippen LogP contribution in [0.4, 0.5) is 5.69 Å². The van der Waals surface area contributed by atoms with Gasteiger partial charge < -0.3 is 0 Å². The summed E-state index contributed by atoms with van der Waals surface area (Å²) in [5.41, 5.74) is 11.8. The lowest BCUT2D eigenvalue weighted by Gasteiger charge is -2.19. The lowest BCUT2D eigenvalue weighted by molar-refractivity contribution is 1.30. The second kappa shape index (κ2) is 13.8. The van der Waals surface area contributed by atoms with Crippen LogP contribution in [0, 0.1) is 40.6 Å². The van der Waals surface area contributed by atoms with Crippen LogP contribution in [-0.2, 0) is 0 Å². The van der Waals surface area contributed by atoms with E-state index in [1.165, 1.54) is 0 Å². The smallest absolute Gasteiger partial charge is 0.187 e. The molecule has 0 aliphatic carbocycles. The molecule has 9 aromatic rings. The Balaban J connectivity index is 1.45. The molecule has 9 rings (SSSR count). The summed E-state index contributed by atoms with van der Waals surface area (Å²) in [5.74, 6) is 0. The molecule has 7 aromatic carbocycles. The third kappa shape index (κ3) is 5.72. The van der Waals surface area contributed by atoms with Gasteiger partial charge in [0.1, 0.15) is 0 Å². The van der Waals surface area contributed by atoms with Crippen LogP contribution in [0.25, 0.3) is 93.6 Å². The Hall–Kier alpha value is -8.49. The highest BCUT2D eigenvalue weighted by atomic mass is 14.8. The van der Waals surface area contributed by atoms with Crippen molar-refractivity contribution < 1.29 is 0 Å². The number of hydrogen-bond acceptors (Lipinski definition) is 6. The Morgan fingerprint density at radius 3 is 1.68 bits per heavy atom. The maximum atomic E-state index is 9.85. The first-order chi connectivity index (χ1) is 27.6. The van der Waals surface area contributed by atoms with Crippen molar-refractivity contribution >= 4 is 38.4 Å². The number of benzene rings is 7. The van der Waals surface area contributed by atoms with Crippen LogP contribution in [0.1, 0.15) is 16.7 Å². The van der Waals surface area contributed by atoms with E-state index in [2.05, 4.69) is 47.3 Å². The summed E-state index contributed by atoms with van der Waals surface area (Å²) in [6.07, 6.45) is 0. The second-order valence-electron chi connectivity index (χ2n) is 13.2. The highest BCUT2D eigenvalue weighted by Gasteiger charge is 2.23. The Morgan fingerprint density at radius 1 is 0.429 bits per heavy atom. The minimum atomic E-state index is 0.396. The van der Waals surface area contributed by atoms with E-state index in [4.69, 9.17) is 21.5 Å². The van der Waals surface area contributed by atoms with E-state index >= 15 is 0 Å². The monoisotopic (exact) mass is 711 g/mol. The van der Waals surface area contributed by atoms with Crippen LogP contribution in [0.2, 0.25) is 0 Å². The zero-order chi connectivity index (χ0) is 38.2. The lowest BCUT2D eigenvalue weighted by atomic mass is 9.90. The summed E-state index contributed by atoms with van der Waals surface area (Å²) < 4.78 is 0. The molecule has 0 fully saturated rings. The van der Waals surface area contributed by atoms with Gasteiger partial charge in [0.15, 0.2) is 5.69 Å². The third-order valence-electron chi connectivity index (χ3n) is 9.93. The number of nitrogens with zero attached hydrogens (tertiary/aromatic N) is 7. The molecule has 0 spiro atoms. The maximum Gasteiger partial charge on any atom is 0.187 e. The van der Waals surface area contributed by atoms with E-state index in [1.54, 1.807) is 42.5 Å². The van der Waals surface area contributed by atoms with Crippen molar-refractivity contribution in [2.45, 2.75) is 0 Å². The minimum Gasteiger partial charge on any atom is -0.247 e. The zero-order valence-corrected chi connectivity index (χ0v) is 29.6. The summed E-state index contributed by atoms with van der Waals surface area (Å²) in [7, 11) is 0. The van der Waals surface area contributed by atoms with E-state index in [0.29, 0.717) is 44.8 Å². The molecule has 7 nitrogen and oxygen atoms in total. The van der Waals surface area contributed by atoms with E-state index in [-0.39, 0.29) is 0 Å². The number of para-hydroxylation sites is 1. The van der Waals surface area contributed by atoms with Gasteiger partial charge >= 0.3 is 0 Å². The van der Waals surface area contributed by atoms with Gasteiger partial charge in [-0.3, -0.25) is 0 Å². The topological polar surface area (TPSA) is 114 Å². The molecule has 0 radical (unpaired) electrons. The molecule has 0 aliphatic rings. The normalized spacial score (nSPS) is 10.8. The van der Waals surface area contributed by atoms with Crippen LogP contribution in [0.3, 0.4) is 0 Å². The van der Waals surface area contributed by atoms with Crippen LogP contribution in [0.15, 0.2) is 152 Å². The average molecular weight is 712 g/mol. The van der Waals surface area contributed by atoms with Crippen molar-refractivity contribution in [2.75, 3.05) is 0 Å². The van der Waals surface area contributed by atoms with Gasteiger partial charge in [0.25, 0.3) is 0 Å². The molecule has 0 aliphatic heterocycles. The summed E-state index contributed by atoms with van der Waals surface area (Å²) in [4.78, 5) is 19.9. The molecule has 0 N–H and O–H groups in total. The molecule has 0 saturated carbocycles. The van der Waals surface area contributed by atoms with Crippen molar-refractivity contribution in [1.82, 2.24) is 15.0 Å². The first kappa shape index (κ1) is 33.4. The van der Waals surface area contributed by atoms with Crippen molar-refractivity contribution in [3.05, 3.63) is 180 Å². The third-order valence-corrected chi connectivity index (χ3v) is 9.93. The van der Waals surface area contributed by atoms with Gasteiger partial charge in [0.2, 0.25) is 0 Å². The minimum absolute atomic E-state index is 0.396. The standard InChI is InChI=1S/C49H25N7/c1-53-37-21-19-35(20-22-37)45-46(34-17-15-30(27-50)16-18-34)56-49-44-40-13-7-8-14-43(40)54-47(42(44)26-41(48(49)55-45)33-9-3-2-4-10-33)39-12-6-5-11-38(39)36-24-31(28-51)23-32(25-36)29-52/h2-26H. The quantitative estimate of drug-likeness (QED) is 0.130. The summed E-state index contributed by atoms with van der Waals surface area (Å²) >= 11 is 0. The van der Waals surface area contributed by atoms with E-state index in [0.717, 1.165) is 66.3 Å². The SMILES string of the molecule is [C-]#[N+]c1ccc(-c2nc3c(-c4ccccc4)cc4c(-c5ccccc5-c5cc(C#N)cc(C#N)c5)nc5ccccc5c4c3nc2-c2ccc(C#N)cc2)cc1. The van der Waals surface area contributed by atoms with Gasteiger partial charge in [0, 0.05) is 32.8 Å². The molecule has 256 valence electrons. The van der Waals surface area contributed by atoms with Gasteiger partial charge in [-0.15, -0.1) is 0 Å². The summed E-state index contributed by atoms with van der Waals surface area (Å²) in [6.45, 7) is 7.53. The van der Waals surface area contributed by atoms with Gasteiger partial charge in [-0.2, -0.15) is 15.8 Å². The highest BCUT2D eigenvalue weighted by Crippen LogP contribution is 2.44. The lowest BCUT2D eigenvalue weighted by Crippen LogP contribution is -2.00. The summed E-state index contributed by atoms with van der Waals surface area (Å²) in [6, 6.07) is 54.7. The van der Waals surface area contributed by atoms with Crippen molar-refractivity contribution in [1.29, 1.82) is 15.8 Å². The fourth-order valence-corrected chi connectivity index (χ4v) is 7.33. The first-order valence-electron chi connectivity index (χ1n) is 17.7. The largest absolute Gasteiger partial charge is 0.247 e. The van der Waals surface area contributed by atoms with Gasteiger partial charge in [-0.1, -0.05) is 109 Å². The molecule has 0 amide bonds. The molecule has 56 heavy (non-hydrogen) atoms. The van der Waals surface area contributed by atoms with Crippen molar-refractivity contribution in [3.63, 3.8) is 0 Å². The predicted octanol–water partition coefficient (Wildman–Crippen LogP) is 11.8. The van der Waals surface area contributed by atoms with E-state index < -0.39 is 0 Å². The molecular weight excluding hydrogens is 687 g/mol.